The molecule has 0 N–H and O–H groups in total. The number of hydrogen-bond acceptors (Lipinski definition) is 5. The maximum Gasteiger partial charge on any atom is 0.165 e. The summed E-state index contributed by atoms with van der Waals surface area (Å²) in [4.78, 5) is 8.80. The standard InChI is InChI=1S/C5H8Cl2S2.C3H4Cl2O.C2H6S2/c1-5(4(6)7)8-2-3-9-5;1-2(6)3(4)5;3-1-2-4/h4H,2-3H2,1H3;3H,1H3;3-4H,1-2H2. The number of carbonyl (C=O) groups excluding carboxylic acids is 1. The lowest BCUT2D eigenvalue weighted by Crippen LogP contribution is -2.20. The predicted octanol–water partition coefficient (Wildman–Crippen LogP) is 5.21. The largest absolute Gasteiger partial charge is 0.297 e. The zero-order chi connectivity index (χ0) is 15.5. The Kier molecular flexibility index (Phi) is 17.1. The normalized spacial score (nSPS) is 16.5. The van der Waals surface area contributed by atoms with Gasteiger partial charge in [0.25, 0.3) is 0 Å². The van der Waals surface area contributed by atoms with Crippen molar-refractivity contribution in [2.24, 2.45) is 0 Å². The van der Waals surface area contributed by atoms with E-state index >= 15 is 0 Å². The molecule has 19 heavy (non-hydrogen) atoms. The van der Waals surface area contributed by atoms with Crippen molar-refractivity contribution in [1.29, 1.82) is 0 Å². The number of carbonyl (C=O) groups is 1. The first kappa shape index (κ1) is 23.5. The quantitative estimate of drug-likeness (QED) is 0.479. The first-order valence-electron chi connectivity index (χ1n) is 5.27. The molecule has 1 heterocycles. The SMILES string of the molecule is CC(=O)C(Cl)Cl.CC1(C(Cl)Cl)SCCS1.SCCS. The molecule has 0 spiro atoms. The first-order chi connectivity index (χ1) is 8.71. The van der Waals surface area contributed by atoms with E-state index in [-0.39, 0.29) is 14.7 Å². The number of rotatable bonds is 3. The highest BCUT2D eigenvalue weighted by Crippen LogP contribution is 2.48. The van der Waals surface area contributed by atoms with E-state index in [4.69, 9.17) is 46.4 Å². The van der Waals surface area contributed by atoms with Crippen molar-refractivity contribution >= 4 is 101 Å². The molecule has 1 aliphatic heterocycles. The molecule has 116 valence electrons. The number of halogens is 4. The van der Waals surface area contributed by atoms with E-state index < -0.39 is 4.84 Å². The molecule has 0 aromatic carbocycles. The van der Waals surface area contributed by atoms with Crippen LogP contribution in [0.2, 0.25) is 0 Å². The van der Waals surface area contributed by atoms with Crippen LogP contribution in [0.5, 0.6) is 0 Å². The number of hydrogen-bond donors (Lipinski definition) is 2. The molecule has 1 fully saturated rings. The van der Waals surface area contributed by atoms with E-state index in [9.17, 15) is 4.79 Å². The van der Waals surface area contributed by atoms with Crippen molar-refractivity contribution < 1.29 is 4.79 Å². The van der Waals surface area contributed by atoms with Gasteiger partial charge in [-0.25, -0.2) is 0 Å². The first-order valence-corrected chi connectivity index (χ1v) is 10.3. The van der Waals surface area contributed by atoms with Crippen LogP contribution in [0.15, 0.2) is 0 Å². The minimum atomic E-state index is -0.843. The molecule has 0 aromatic rings. The summed E-state index contributed by atoms with van der Waals surface area (Å²) in [5, 5.41) is 0. The molecule has 0 saturated carbocycles. The van der Waals surface area contributed by atoms with Crippen LogP contribution in [0.25, 0.3) is 0 Å². The van der Waals surface area contributed by atoms with Gasteiger partial charge >= 0.3 is 0 Å². The summed E-state index contributed by atoms with van der Waals surface area (Å²) in [6.07, 6.45) is 0. The van der Waals surface area contributed by atoms with Crippen molar-refractivity contribution in [3.63, 3.8) is 0 Å². The molecular weight excluding hydrogens is 406 g/mol. The Morgan fingerprint density at radius 3 is 1.58 bits per heavy atom. The number of ketones is 1. The summed E-state index contributed by atoms with van der Waals surface area (Å²) < 4.78 is 0.0586. The van der Waals surface area contributed by atoms with Crippen molar-refractivity contribution in [2.75, 3.05) is 23.0 Å². The lowest BCUT2D eigenvalue weighted by Gasteiger charge is -2.22. The second-order valence-electron chi connectivity index (χ2n) is 3.37. The molecule has 1 saturated heterocycles. The maximum absolute atomic E-state index is 9.88. The summed E-state index contributed by atoms with van der Waals surface area (Å²) >= 11 is 32.9. The second-order valence-corrected chi connectivity index (χ2v) is 9.81. The minimum Gasteiger partial charge on any atom is -0.297 e. The van der Waals surface area contributed by atoms with E-state index in [0.717, 1.165) is 11.5 Å². The average molecular weight is 424 g/mol. The molecule has 0 atom stereocenters. The highest BCUT2D eigenvalue weighted by molar-refractivity contribution is 8.21. The van der Waals surface area contributed by atoms with E-state index in [1.165, 1.54) is 18.4 Å². The lowest BCUT2D eigenvalue weighted by atomic mass is 10.5. The van der Waals surface area contributed by atoms with Crippen molar-refractivity contribution in [3.8, 4) is 0 Å². The van der Waals surface area contributed by atoms with Crippen molar-refractivity contribution in [3.05, 3.63) is 0 Å². The van der Waals surface area contributed by atoms with E-state index in [1.807, 2.05) is 23.5 Å². The second kappa shape index (κ2) is 13.9. The lowest BCUT2D eigenvalue weighted by molar-refractivity contribution is -0.115. The van der Waals surface area contributed by atoms with Gasteiger partial charge in [-0.05, 0) is 25.4 Å². The van der Waals surface area contributed by atoms with Crippen LogP contribution < -0.4 is 0 Å². The molecule has 0 amide bonds. The molecule has 0 unspecified atom stereocenters. The fourth-order valence-corrected chi connectivity index (χ4v) is 3.97. The summed E-state index contributed by atoms with van der Waals surface area (Å²) in [5.74, 6) is 3.90. The molecule has 1 aliphatic rings. The third-order valence-corrected chi connectivity index (χ3v) is 7.87. The van der Waals surface area contributed by atoms with Crippen LogP contribution in [-0.2, 0) is 4.79 Å². The fraction of sp³-hybridized carbons (Fsp3) is 0.900. The van der Waals surface area contributed by atoms with Gasteiger partial charge in [0, 0.05) is 11.5 Å². The maximum atomic E-state index is 9.88. The highest BCUT2D eigenvalue weighted by atomic mass is 35.5. The smallest absolute Gasteiger partial charge is 0.165 e. The van der Waals surface area contributed by atoms with Gasteiger partial charge in [0.05, 0.1) is 4.08 Å². The Hall–Kier alpha value is 2.23. The van der Waals surface area contributed by atoms with E-state index in [2.05, 4.69) is 32.2 Å². The van der Waals surface area contributed by atoms with Gasteiger partial charge in [0.15, 0.2) is 10.6 Å². The van der Waals surface area contributed by atoms with Gasteiger partial charge < -0.3 is 0 Å². The van der Waals surface area contributed by atoms with E-state index in [0.29, 0.717) is 0 Å². The molecule has 1 rings (SSSR count). The van der Waals surface area contributed by atoms with Gasteiger partial charge in [-0.1, -0.05) is 23.2 Å². The Balaban J connectivity index is 0. The molecule has 0 aromatic heterocycles. The third kappa shape index (κ3) is 13.6. The summed E-state index contributed by atoms with van der Waals surface area (Å²) in [5.41, 5.74) is 0. The topological polar surface area (TPSA) is 17.1 Å². The Morgan fingerprint density at radius 2 is 1.47 bits per heavy atom. The molecular formula is C10H18Cl4OS4. The van der Waals surface area contributed by atoms with Gasteiger partial charge in [-0.2, -0.15) is 25.3 Å². The highest BCUT2D eigenvalue weighted by Gasteiger charge is 2.36. The zero-order valence-corrected chi connectivity index (χ0v) is 17.1. The molecule has 0 aliphatic carbocycles. The Labute approximate surface area is 155 Å². The molecule has 9 heteroatoms. The van der Waals surface area contributed by atoms with Crippen molar-refractivity contribution in [2.45, 2.75) is 27.6 Å². The summed E-state index contributed by atoms with van der Waals surface area (Å²) in [6, 6.07) is 0. The molecule has 0 bridgehead atoms. The van der Waals surface area contributed by atoms with Gasteiger partial charge in [-0.3, -0.25) is 4.79 Å². The Morgan fingerprint density at radius 1 is 1.16 bits per heavy atom. The molecule has 1 nitrogen and oxygen atoms in total. The van der Waals surface area contributed by atoms with E-state index in [1.54, 1.807) is 0 Å². The van der Waals surface area contributed by atoms with Crippen LogP contribution in [0.4, 0.5) is 0 Å². The summed E-state index contributed by atoms with van der Waals surface area (Å²) in [7, 11) is 0. The van der Waals surface area contributed by atoms with Crippen LogP contribution in [-0.4, -0.2) is 42.5 Å². The number of alkyl halides is 4. The number of thioether (sulfide) groups is 2. The summed E-state index contributed by atoms with van der Waals surface area (Å²) in [6.45, 7) is 3.44. The number of thiol groups is 2. The predicted molar refractivity (Wildman–Crippen MR) is 103 cm³/mol. The zero-order valence-electron chi connectivity index (χ0n) is 10.6. The van der Waals surface area contributed by atoms with Crippen LogP contribution in [0.3, 0.4) is 0 Å². The minimum absolute atomic E-state index is 0.0586. The van der Waals surface area contributed by atoms with Gasteiger partial charge in [0.2, 0.25) is 0 Å². The third-order valence-electron chi connectivity index (χ3n) is 1.66. The Bertz CT molecular complexity index is 234. The number of Topliss-reactive ketones (excluding diaryl/α,β-unsaturated/α-hetero) is 1. The molecule has 0 radical (unpaired) electrons. The van der Waals surface area contributed by atoms with Gasteiger partial charge in [-0.15, -0.1) is 46.7 Å². The van der Waals surface area contributed by atoms with Crippen LogP contribution in [0, 0.1) is 0 Å². The fourth-order valence-electron chi connectivity index (χ4n) is 0.656. The van der Waals surface area contributed by atoms with Crippen LogP contribution in [0.1, 0.15) is 13.8 Å². The monoisotopic (exact) mass is 422 g/mol. The van der Waals surface area contributed by atoms with Gasteiger partial charge in [0.1, 0.15) is 4.84 Å². The van der Waals surface area contributed by atoms with Crippen LogP contribution >= 0.6 is 95.2 Å². The average Bonchev–Trinajstić information content (AvgIpc) is 2.78. The van der Waals surface area contributed by atoms with Crippen molar-refractivity contribution in [1.82, 2.24) is 0 Å².